The number of halogens is 1. The van der Waals surface area contributed by atoms with Gasteiger partial charge in [0.15, 0.2) is 11.6 Å². The molecule has 0 saturated heterocycles. The minimum absolute atomic E-state index is 0.149. The summed E-state index contributed by atoms with van der Waals surface area (Å²) in [5.41, 5.74) is 1.42. The minimum atomic E-state index is -1.23. The van der Waals surface area contributed by atoms with Crippen LogP contribution in [0.15, 0.2) is 65.2 Å². The van der Waals surface area contributed by atoms with Gasteiger partial charge in [-0.25, -0.2) is 0 Å². The molecule has 0 amide bonds. The lowest BCUT2D eigenvalue weighted by Crippen LogP contribution is -2.40. The molecule has 3 heteroatoms. The fraction of sp³-hybridized carbons (Fsp3) is 0.217. The summed E-state index contributed by atoms with van der Waals surface area (Å²) < 4.78 is 0.932. The van der Waals surface area contributed by atoms with Crippen LogP contribution in [-0.2, 0) is 0 Å². The summed E-state index contributed by atoms with van der Waals surface area (Å²) in [7, 11) is 0. The predicted molar refractivity (Wildman–Crippen MR) is 107 cm³/mol. The molecule has 2 aromatic rings. The molecule has 0 N–H and O–H groups in total. The second kappa shape index (κ2) is 7.05. The number of fused-ring (bicyclic) bond motifs is 1. The van der Waals surface area contributed by atoms with Crippen LogP contribution in [0.1, 0.15) is 52.0 Å². The molecular formula is C23H19BrO2. The highest BCUT2D eigenvalue weighted by Gasteiger charge is 2.57. The molecule has 2 nitrogen and oxygen atoms in total. The highest BCUT2D eigenvalue weighted by molar-refractivity contribution is 9.10. The molecule has 26 heavy (non-hydrogen) atoms. The van der Waals surface area contributed by atoms with Gasteiger partial charge in [0.2, 0.25) is 0 Å². The first-order chi connectivity index (χ1) is 12.4. The summed E-state index contributed by atoms with van der Waals surface area (Å²) in [6, 6.07) is 14.7. The Labute approximate surface area is 162 Å². The van der Waals surface area contributed by atoms with Crippen molar-refractivity contribution in [3.8, 4) is 12.3 Å². The number of allylic oxidation sites excluding steroid dienone is 1. The zero-order valence-electron chi connectivity index (χ0n) is 14.6. The van der Waals surface area contributed by atoms with Crippen LogP contribution in [-0.4, -0.2) is 11.6 Å². The van der Waals surface area contributed by atoms with Gasteiger partial charge in [-0.15, -0.1) is 18.9 Å². The number of benzene rings is 2. The van der Waals surface area contributed by atoms with E-state index in [2.05, 4.69) is 28.4 Å². The molecule has 0 aliphatic heterocycles. The summed E-state index contributed by atoms with van der Waals surface area (Å²) >= 11 is 3.43. The van der Waals surface area contributed by atoms with Gasteiger partial charge in [-0.1, -0.05) is 57.9 Å². The van der Waals surface area contributed by atoms with Crippen LogP contribution in [0, 0.1) is 17.8 Å². The Balaban J connectivity index is 2.23. The zero-order valence-corrected chi connectivity index (χ0v) is 16.2. The molecule has 0 saturated carbocycles. The Hall–Kier alpha value is -2.44. The number of hydrogen-bond donors (Lipinski definition) is 0. The van der Waals surface area contributed by atoms with E-state index in [1.807, 2.05) is 31.2 Å². The van der Waals surface area contributed by atoms with E-state index in [-0.39, 0.29) is 11.6 Å². The van der Waals surface area contributed by atoms with Gasteiger partial charge in [-0.05, 0) is 31.0 Å². The quantitative estimate of drug-likeness (QED) is 0.368. The Morgan fingerprint density at radius 2 is 1.65 bits per heavy atom. The molecule has 1 unspecified atom stereocenters. The lowest BCUT2D eigenvalue weighted by Gasteiger charge is -2.34. The van der Waals surface area contributed by atoms with Crippen LogP contribution < -0.4 is 0 Å². The van der Waals surface area contributed by atoms with Crippen molar-refractivity contribution in [1.82, 2.24) is 0 Å². The third-order valence-corrected chi connectivity index (χ3v) is 5.53. The summed E-state index contributed by atoms with van der Waals surface area (Å²) in [6.07, 6.45) is 6.24. The number of ketones is 2. The van der Waals surface area contributed by atoms with Crippen molar-refractivity contribution in [2.24, 2.45) is 5.41 Å². The first-order valence-corrected chi connectivity index (χ1v) is 9.23. The molecule has 130 valence electrons. The van der Waals surface area contributed by atoms with Crippen molar-refractivity contribution in [1.29, 1.82) is 0 Å². The Morgan fingerprint density at radius 3 is 2.12 bits per heavy atom. The molecular weight excluding hydrogens is 388 g/mol. The largest absolute Gasteiger partial charge is 0.293 e. The predicted octanol–water partition coefficient (Wildman–Crippen LogP) is 5.59. The standard InChI is InChI=1S/C23H19BrO2/c1-4-7-20(16-10-12-17(24)13-11-16)23(14-15(2)3)21(25)18-8-5-6-9-19(18)22(23)26/h1,5-6,8-13,20H,2,7,14H2,3H3. The van der Waals surface area contributed by atoms with Gasteiger partial charge in [0.05, 0.1) is 0 Å². The van der Waals surface area contributed by atoms with E-state index in [0.717, 1.165) is 15.6 Å². The average molecular weight is 407 g/mol. The number of carbonyl (C=O) groups is 2. The van der Waals surface area contributed by atoms with E-state index in [9.17, 15) is 9.59 Å². The van der Waals surface area contributed by atoms with Crippen LogP contribution in [0.2, 0.25) is 0 Å². The van der Waals surface area contributed by atoms with Gasteiger partial charge >= 0.3 is 0 Å². The van der Waals surface area contributed by atoms with E-state index in [1.54, 1.807) is 24.3 Å². The van der Waals surface area contributed by atoms with E-state index in [1.165, 1.54) is 0 Å². The average Bonchev–Trinajstić information content (AvgIpc) is 2.83. The van der Waals surface area contributed by atoms with E-state index >= 15 is 0 Å². The maximum atomic E-state index is 13.5. The highest BCUT2D eigenvalue weighted by Crippen LogP contribution is 2.51. The zero-order chi connectivity index (χ0) is 18.9. The van der Waals surface area contributed by atoms with E-state index in [4.69, 9.17) is 6.42 Å². The molecule has 0 aromatic heterocycles. The van der Waals surface area contributed by atoms with Crippen LogP contribution >= 0.6 is 15.9 Å². The molecule has 2 aromatic carbocycles. The lowest BCUT2D eigenvalue weighted by molar-refractivity contribution is 0.0649. The Bertz CT molecular complexity index is 896. The van der Waals surface area contributed by atoms with E-state index < -0.39 is 11.3 Å². The Kier molecular flexibility index (Phi) is 4.98. The van der Waals surface area contributed by atoms with Crippen molar-refractivity contribution in [3.63, 3.8) is 0 Å². The van der Waals surface area contributed by atoms with Gasteiger partial charge in [0.1, 0.15) is 5.41 Å². The monoisotopic (exact) mass is 406 g/mol. The molecule has 1 aliphatic carbocycles. The SMILES string of the molecule is C#CCC(c1ccc(Br)cc1)C1(CC(=C)C)C(=O)c2ccccc2C1=O. The molecule has 3 rings (SSSR count). The summed E-state index contributed by atoms with van der Waals surface area (Å²) in [4.78, 5) is 27.0. The molecule has 0 bridgehead atoms. The lowest BCUT2D eigenvalue weighted by atomic mass is 9.64. The number of hydrogen-bond acceptors (Lipinski definition) is 2. The van der Waals surface area contributed by atoms with Gasteiger partial charge in [0.25, 0.3) is 0 Å². The van der Waals surface area contributed by atoms with Crippen LogP contribution in [0.25, 0.3) is 0 Å². The van der Waals surface area contributed by atoms with Crippen molar-refractivity contribution in [2.45, 2.75) is 25.7 Å². The van der Waals surface area contributed by atoms with Crippen molar-refractivity contribution in [2.75, 3.05) is 0 Å². The molecule has 1 aliphatic rings. The number of carbonyl (C=O) groups excluding carboxylic acids is 2. The number of terminal acetylenes is 1. The van der Waals surface area contributed by atoms with Crippen molar-refractivity contribution >= 4 is 27.5 Å². The smallest absolute Gasteiger partial charge is 0.178 e. The molecule has 0 spiro atoms. The fourth-order valence-electron chi connectivity index (χ4n) is 3.93. The van der Waals surface area contributed by atoms with Crippen LogP contribution in [0.5, 0.6) is 0 Å². The van der Waals surface area contributed by atoms with Crippen LogP contribution in [0.3, 0.4) is 0 Å². The normalized spacial score (nSPS) is 16.0. The Morgan fingerprint density at radius 1 is 1.12 bits per heavy atom. The second-order valence-electron chi connectivity index (χ2n) is 6.82. The molecule has 1 atom stereocenters. The molecule has 0 heterocycles. The van der Waals surface area contributed by atoms with Crippen molar-refractivity contribution in [3.05, 3.63) is 81.8 Å². The third-order valence-electron chi connectivity index (χ3n) is 5.00. The first-order valence-electron chi connectivity index (χ1n) is 8.43. The molecule has 0 radical (unpaired) electrons. The van der Waals surface area contributed by atoms with Gasteiger partial charge < -0.3 is 0 Å². The minimum Gasteiger partial charge on any atom is -0.293 e. The summed E-state index contributed by atoms with van der Waals surface area (Å²) in [6.45, 7) is 5.83. The fourth-order valence-corrected chi connectivity index (χ4v) is 4.19. The highest BCUT2D eigenvalue weighted by atomic mass is 79.9. The topological polar surface area (TPSA) is 34.1 Å². The maximum absolute atomic E-state index is 13.5. The maximum Gasteiger partial charge on any atom is 0.178 e. The molecule has 0 fully saturated rings. The van der Waals surface area contributed by atoms with Crippen LogP contribution in [0.4, 0.5) is 0 Å². The van der Waals surface area contributed by atoms with E-state index in [0.29, 0.717) is 24.0 Å². The van der Waals surface area contributed by atoms with Gasteiger partial charge in [0, 0.05) is 27.9 Å². The van der Waals surface area contributed by atoms with Crippen molar-refractivity contribution < 1.29 is 9.59 Å². The van der Waals surface area contributed by atoms with Gasteiger partial charge in [-0.2, -0.15) is 0 Å². The first kappa shape index (κ1) is 18.4. The van der Waals surface area contributed by atoms with Gasteiger partial charge in [-0.3, -0.25) is 9.59 Å². The number of Topliss-reactive ketones (excluding diaryl/α,β-unsaturated/α-hetero) is 2. The summed E-state index contributed by atoms with van der Waals surface area (Å²) in [5, 5.41) is 0. The summed E-state index contributed by atoms with van der Waals surface area (Å²) in [5.74, 6) is 1.98. The number of rotatable bonds is 5. The second-order valence-corrected chi connectivity index (χ2v) is 7.74. The third kappa shape index (κ3) is 2.85.